The third-order valence-corrected chi connectivity index (χ3v) is 7.81. The number of aliphatic hydroxyl groups is 4. The van der Waals surface area contributed by atoms with Crippen LogP contribution in [0.25, 0.3) is 33.4 Å². The lowest BCUT2D eigenvalue weighted by molar-refractivity contribution is 0.0697. The van der Waals surface area contributed by atoms with Gasteiger partial charge in [-0.2, -0.15) is 0 Å². The van der Waals surface area contributed by atoms with Crippen molar-refractivity contribution in [2.75, 3.05) is 110 Å². The first kappa shape index (κ1) is 37.9. The van der Waals surface area contributed by atoms with Gasteiger partial charge in [-0.15, -0.1) is 0 Å². The standard InChI is InChI=1S/C36H46N2O11/c39-13-21-45-17-9-37(10-18-46-22-14-40)27-5-7-31-33(25-27)49-34-26-28(38(11-19-47-23-15-41)12-20-48-24-16-42)6-8-32(34)35(31)29-3-1-2-4-30(29)36(43)44/h1-8,25-26,39-42H,9-24H2/p+1. The molecule has 0 spiro atoms. The van der Waals surface area contributed by atoms with E-state index in [0.717, 1.165) is 27.6 Å². The van der Waals surface area contributed by atoms with E-state index in [9.17, 15) is 9.90 Å². The van der Waals surface area contributed by atoms with Crippen LogP contribution in [0.2, 0.25) is 0 Å². The van der Waals surface area contributed by atoms with Crippen molar-refractivity contribution in [2.45, 2.75) is 0 Å². The summed E-state index contributed by atoms with van der Waals surface area (Å²) in [6.45, 7) is 4.09. The van der Waals surface area contributed by atoms with Gasteiger partial charge in [-0.05, 0) is 29.8 Å². The molecule has 13 heteroatoms. The summed E-state index contributed by atoms with van der Waals surface area (Å²) in [4.78, 5) is 14.5. The number of benzene rings is 3. The minimum absolute atomic E-state index is 0.0765. The van der Waals surface area contributed by atoms with Crippen LogP contribution in [0.1, 0.15) is 10.4 Å². The molecule has 2 aliphatic rings. The summed E-state index contributed by atoms with van der Waals surface area (Å²) in [6, 6.07) is 18.5. The lowest BCUT2D eigenvalue weighted by Crippen LogP contribution is -2.36. The van der Waals surface area contributed by atoms with Crippen LogP contribution in [-0.4, -0.2) is 137 Å². The average Bonchev–Trinajstić information content (AvgIpc) is 3.12. The smallest absolute Gasteiger partial charge is 0.336 e. The predicted molar refractivity (Wildman–Crippen MR) is 184 cm³/mol. The first-order valence-electron chi connectivity index (χ1n) is 16.4. The molecule has 0 atom stereocenters. The summed E-state index contributed by atoms with van der Waals surface area (Å²) in [7, 11) is 0. The Hall–Kier alpha value is -3.92. The summed E-state index contributed by atoms with van der Waals surface area (Å²) in [6.07, 6.45) is 0. The van der Waals surface area contributed by atoms with E-state index in [1.807, 2.05) is 42.5 Å². The molecule has 2 aromatic carbocycles. The second-order valence-electron chi connectivity index (χ2n) is 11.0. The first-order valence-corrected chi connectivity index (χ1v) is 16.4. The minimum atomic E-state index is -1.04. The molecule has 13 nitrogen and oxygen atoms in total. The van der Waals surface area contributed by atoms with Crippen molar-refractivity contribution in [2.24, 2.45) is 0 Å². The van der Waals surface area contributed by atoms with E-state index in [0.29, 0.717) is 69.5 Å². The minimum Gasteiger partial charge on any atom is -0.478 e. The van der Waals surface area contributed by atoms with Gasteiger partial charge in [-0.1, -0.05) is 18.2 Å². The number of aliphatic hydroxyl groups excluding tert-OH is 4. The van der Waals surface area contributed by atoms with Crippen LogP contribution in [-0.2, 0) is 18.9 Å². The van der Waals surface area contributed by atoms with E-state index < -0.39 is 5.97 Å². The Morgan fingerprint density at radius 1 is 0.673 bits per heavy atom. The molecule has 0 bridgehead atoms. The maximum atomic E-state index is 12.4. The van der Waals surface area contributed by atoms with Crippen LogP contribution in [0, 0.1) is 0 Å². The van der Waals surface area contributed by atoms with Crippen molar-refractivity contribution in [3.8, 4) is 22.5 Å². The number of anilines is 1. The predicted octanol–water partition coefficient (Wildman–Crippen LogP) is 1.52. The van der Waals surface area contributed by atoms with Gasteiger partial charge in [0.15, 0.2) is 13.1 Å². The van der Waals surface area contributed by atoms with E-state index in [-0.39, 0.29) is 58.4 Å². The van der Waals surface area contributed by atoms with Crippen molar-refractivity contribution < 1.29 is 53.7 Å². The van der Waals surface area contributed by atoms with Gasteiger partial charge in [-0.3, -0.25) is 0 Å². The molecule has 0 saturated heterocycles. The highest BCUT2D eigenvalue weighted by Gasteiger charge is 2.23. The number of rotatable bonds is 23. The van der Waals surface area contributed by atoms with Crippen LogP contribution in [0.4, 0.5) is 5.69 Å². The van der Waals surface area contributed by atoms with Crippen molar-refractivity contribution in [1.82, 2.24) is 4.58 Å². The second-order valence-corrected chi connectivity index (χ2v) is 11.0. The molecular formula is C36H47N2O11+. The van der Waals surface area contributed by atoms with Crippen molar-refractivity contribution in [3.63, 3.8) is 0 Å². The number of carbonyl (C=O) groups is 1. The van der Waals surface area contributed by atoms with Crippen molar-refractivity contribution in [3.05, 3.63) is 71.6 Å². The third kappa shape index (κ3) is 10.8. The quantitative estimate of drug-likeness (QED) is 0.0434. The monoisotopic (exact) mass is 683 g/mol. The van der Waals surface area contributed by atoms with Crippen LogP contribution in [0.5, 0.6) is 0 Å². The number of carboxylic acids is 1. The fourth-order valence-electron chi connectivity index (χ4n) is 5.54. The Labute approximate surface area is 285 Å². The molecule has 1 heterocycles. The highest BCUT2D eigenvalue weighted by atomic mass is 16.5. The van der Waals surface area contributed by atoms with E-state index in [1.54, 1.807) is 18.2 Å². The zero-order chi connectivity index (χ0) is 34.8. The zero-order valence-corrected chi connectivity index (χ0v) is 27.7. The highest BCUT2D eigenvalue weighted by molar-refractivity contribution is 6.07. The summed E-state index contributed by atoms with van der Waals surface area (Å²) in [5, 5.41) is 48.3. The Kier molecular flexibility index (Phi) is 15.9. The largest absolute Gasteiger partial charge is 0.478 e. The van der Waals surface area contributed by atoms with Gasteiger partial charge < -0.3 is 53.8 Å². The summed E-state index contributed by atoms with van der Waals surface area (Å²) < 4.78 is 30.8. The SMILES string of the molecule is O=C(O)c1ccccc1-c1c2ccc(=[N+](CCOCCO)CCOCCO)cc-2oc2cc(N(CCOCCO)CCOCCO)ccc12. The molecule has 0 radical (unpaired) electrons. The topological polar surface area (TPSA) is 175 Å². The maximum Gasteiger partial charge on any atom is 0.336 e. The zero-order valence-electron chi connectivity index (χ0n) is 27.7. The van der Waals surface area contributed by atoms with Crippen molar-refractivity contribution >= 4 is 22.6 Å². The molecule has 5 N–H and O–H groups in total. The Morgan fingerprint density at radius 3 is 1.86 bits per heavy atom. The maximum absolute atomic E-state index is 12.4. The molecule has 0 aromatic heterocycles. The molecule has 266 valence electrons. The summed E-state index contributed by atoms with van der Waals surface area (Å²) in [5.74, 6) is -0.501. The van der Waals surface area contributed by atoms with Gasteiger partial charge in [0.25, 0.3) is 0 Å². The Morgan fingerprint density at radius 2 is 1.27 bits per heavy atom. The Bertz CT molecular complexity index is 1620. The Balaban J connectivity index is 1.88. The van der Waals surface area contributed by atoms with Gasteiger partial charge in [-0.25, -0.2) is 9.37 Å². The fraction of sp³-hybridized carbons (Fsp3) is 0.444. The van der Waals surface area contributed by atoms with E-state index in [1.165, 1.54) is 0 Å². The van der Waals surface area contributed by atoms with Gasteiger partial charge in [0.2, 0.25) is 5.36 Å². The van der Waals surface area contributed by atoms with E-state index >= 15 is 0 Å². The number of aromatic carboxylic acids is 1. The molecule has 0 saturated carbocycles. The second kappa shape index (κ2) is 20.6. The average molecular weight is 684 g/mol. The number of hydrogen-bond acceptors (Lipinski definition) is 11. The summed E-state index contributed by atoms with van der Waals surface area (Å²) in [5.41, 5.74) is 3.54. The van der Waals surface area contributed by atoms with Crippen LogP contribution < -0.4 is 14.8 Å². The number of carboxylic acid groups (broad SMARTS) is 1. The van der Waals surface area contributed by atoms with Gasteiger partial charge >= 0.3 is 5.97 Å². The van der Waals surface area contributed by atoms with E-state index in [2.05, 4.69) is 9.48 Å². The number of fused-ring (bicyclic) bond motifs is 2. The molecule has 1 aliphatic carbocycles. The van der Waals surface area contributed by atoms with E-state index in [4.69, 9.17) is 43.8 Å². The molecule has 4 rings (SSSR count). The highest BCUT2D eigenvalue weighted by Crippen LogP contribution is 2.42. The molecule has 1 aliphatic heterocycles. The molecule has 49 heavy (non-hydrogen) atoms. The molecule has 0 unspecified atom stereocenters. The molecule has 0 amide bonds. The lowest BCUT2D eigenvalue weighted by atomic mass is 9.90. The van der Waals surface area contributed by atoms with Gasteiger partial charge in [0, 0.05) is 47.4 Å². The number of hydrogen-bond donors (Lipinski definition) is 5. The normalized spacial score (nSPS) is 11.4. The van der Waals surface area contributed by atoms with Crippen molar-refractivity contribution in [1.29, 1.82) is 0 Å². The number of nitrogens with zero attached hydrogens (tertiary/aromatic N) is 2. The van der Waals surface area contributed by atoms with Crippen LogP contribution in [0.3, 0.4) is 0 Å². The summed E-state index contributed by atoms with van der Waals surface area (Å²) >= 11 is 0. The first-order chi connectivity index (χ1) is 24.0. The molecular weight excluding hydrogens is 636 g/mol. The fourth-order valence-corrected chi connectivity index (χ4v) is 5.54. The van der Waals surface area contributed by atoms with Gasteiger partial charge in [0.1, 0.15) is 24.6 Å². The van der Waals surface area contributed by atoms with Gasteiger partial charge in [0.05, 0.1) is 77.7 Å². The number of ether oxygens (including phenoxy) is 4. The van der Waals surface area contributed by atoms with Crippen LogP contribution >= 0.6 is 0 Å². The third-order valence-electron chi connectivity index (χ3n) is 7.81. The molecule has 2 aromatic rings. The van der Waals surface area contributed by atoms with Crippen LogP contribution in [0.15, 0.2) is 65.1 Å². The molecule has 0 fully saturated rings. The lowest BCUT2D eigenvalue weighted by Gasteiger charge is -2.25.